The van der Waals surface area contributed by atoms with Gasteiger partial charge in [-0.15, -0.1) is 0 Å². The molecule has 1 unspecified atom stereocenters. The molecule has 148 valence electrons. The zero-order valence-corrected chi connectivity index (χ0v) is 15.9. The van der Waals surface area contributed by atoms with Crippen molar-refractivity contribution < 1.29 is 27.9 Å². The molecule has 1 aliphatic rings. The molecule has 0 saturated heterocycles. The Kier molecular flexibility index (Phi) is 6.11. The Bertz CT molecular complexity index is 986. The van der Waals surface area contributed by atoms with Crippen LogP contribution < -0.4 is 9.46 Å². The summed E-state index contributed by atoms with van der Waals surface area (Å²) in [5.74, 6) is -0.648. The quantitative estimate of drug-likeness (QED) is 0.656. The molecule has 7 nitrogen and oxygen atoms in total. The Morgan fingerprint density at radius 3 is 2.57 bits per heavy atom. The lowest BCUT2D eigenvalue weighted by Crippen LogP contribution is -2.37. The van der Waals surface area contributed by atoms with Gasteiger partial charge in [-0.25, -0.2) is 13.1 Å². The van der Waals surface area contributed by atoms with Crippen molar-refractivity contribution in [1.82, 2.24) is 4.72 Å². The summed E-state index contributed by atoms with van der Waals surface area (Å²) in [6.07, 6.45) is 3.89. The number of sulfonamides is 1. The summed E-state index contributed by atoms with van der Waals surface area (Å²) < 4.78 is 33.3. The van der Waals surface area contributed by atoms with E-state index in [4.69, 9.17) is 9.84 Å². The molecule has 0 fully saturated rings. The van der Waals surface area contributed by atoms with Crippen LogP contribution in [0.3, 0.4) is 0 Å². The molecule has 28 heavy (non-hydrogen) atoms. The van der Waals surface area contributed by atoms with Crippen LogP contribution in [0.2, 0.25) is 0 Å². The fourth-order valence-corrected chi connectivity index (χ4v) is 4.52. The molecule has 8 heteroatoms. The van der Waals surface area contributed by atoms with Gasteiger partial charge in [0.2, 0.25) is 10.0 Å². The molecule has 0 heterocycles. The van der Waals surface area contributed by atoms with Crippen LogP contribution in [0.4, 0.5) is 0 Å². The lowest BCUT2D eigenvalue weighted by molar-refractivity contribution is -0.138. The first-order valence-electron chi connectivity index (χ1n) is 8.97. The van der Waals surface area contributed by atoms with E-state index in [1.165, 1.54) is 29.3 Å². The number of nitrogens with one attached hydrogen (secondary N) is 1. The van der Waals surface area contributed by atoms with E-state index < -0.39 is 28.5 Å². The number of rotatable bonds is 8. The molecular weight excluding hydrogens is 382 g/mol. The summed E-state index contributed by atoms with van der Waals surface area (Å²) in [6, 6.07) is 10.4. The molecule has 0 bridgehead atoms. The van der Waals surface area contributed by atoms with Crippen LogP contribution in [0.15, 0.2) is 47.4 Å². The summed E-state index contributed by atoms with van der Waals surface area (Å²) in [6.45, 7) is 0. The van der Waals surface area contributed by atoms with Crippen molar-refractivity contribution in [1.29, 1.82) is 0 Å². The largest absolute Gasteiger partial charge is 0.481 e. The van der Waals surface area contributed by atoms with Crippen molar-refractivity contribution in [2.75, 3.05) is 0 Å². The normalized spacial score (nSPS) is 14.7. The van der Waals surface area contributed by atoms with Crippen LogP contribution in [-0.2, 0) is 32.5 Å². The number of carbonyl (C=O) groups is 2. The predicted molar refractivity (Wildman–Crippen MR) is 102 cm³/mol. The predicted octanol–water partition coefficient (Wildman–Crippen LogP) is 2.68. The molecule has 2 N–H and O–H groups in total. The van der Waals surface area contributed by atoms with Crippen molar-refractivity contribution in [2.24, 2.45) is 0 Å². The van der Waals surface area contributed by atoms with E-state index in [2.05, 4.69) is 4.72 Å². The van der Waals surface area contributed by atoms with Gasteiger partial charge in [-0.1, -0.05) is 18.2 Å². The molecule has 2 aromatic carbocycles. The second kappa shape index (κ2) is 8.53. The fourth-order valence-electron chi connectivity index (χ4n) is 3.23. The van der Waals surface area contributed by atoms with Crippen molar-refractivity contribution in [3.05, 3.63) is 53.6 Å². The van der Waals surface area contributed by atoms with Crippen LogP contribution in [0.1, 0.15) is 30.4 Å². The third kappa shape index (κ3) is 4.76. The highest BCUT2D eigenvalue weighted by Crippen LogP contribution is 2.31. The summed E-state index contributed by atoms with van der Waals surface area (Å²) in [7, 11) is -4.15. The number of hydrogen-bond acceptors (Lipinski definition) is 5. The third-order valence-electron chi connectivity index (χ3n) is 4.55. The maximum Gasteiger partial charge on any atom is 0.305 e. The molecule has 0 saturated carbocycles. The van der Waals surface area contributed by atoms with Crippen LogP contribution in [0.5, 0.6) is 11.5 Å². The molecule has 3 rings (SSSR count). The monoisotopic (exact) mass is 403 g/mol. The van der Waals surface area contributed by atoms with Gasteiger partial charge in [-0.2, -0.15) is 0 Å². The number of aldehydes is 1. The first kappa shape index (κ1) is 20.0. The maximum absolute atomic E-state index is 12.7. The molecule has 0 amide bonds. The van der Waals surface area contributed by atoms with Crippen molar-refractivity contribution in [3.63, 3.8) is 0 Å². The summed E-state index contributed by atoms with van der Waals surface area (Å²) in [5, 5.41) is 8.81. The van der Waals surface area contributed by atoms with E-state index in [0.717, 1.165) is 25.7 Å². The number of fused-ring (bicyclic) bond motifs is 1. The Labute approximate surface area is 163 Å². The highest BCUT2D eigenvalue weighted by atomic mass is 32.2. The Morgan fingerprint density at radius 2 is 1.86 bits per heavy atom. The number of carboxylic acid groups (broad SMARTS) is 1. The van der Waals surface area contributed by atoms with Gasteiger partial charge in [0.05, 0.1) is 12.5 Å². The van der Waals surface area contributed by atoms with Gasteiger partial charge in [0, 0.05) is 0 Å². The standard InChI is InChI=1S/C20H21NO6S/c22-13-16(12-20(23)24)21-28(25,26)19-8-4-3-7-18(19)27-17-10-9-14-5-1-2-6-15(14)11-17/h3-4,7-11,13,16,21H,1-2,5-6,12H2,(H,23,24). The first-order valence-corrected chi connectivity index (χ1v) is 10.5. The van der Waals surface area contributed by atoms with Crippen molar-refractivity contribution in [2.45, 2.75) is 43.0 Å². The topological polar surface area (TPSA) is 110 Å². The second-order valence-electron chi connectivity index (χ2n) is 6.65. The lowest BCUT2D eigenvalue weighted by Gasteiger charge is -2.18. The number of carboxylic acids is 1. The third-order valence-corrected chi connectivity index (χ3v) is 6.08. The Morgan fingerprint density at radius 1 is 1.14 bits per heavy atom. The van der Waals surface area contributed by atoms with E-state index in [-0.39, 0.29) is 16.9 Å². The maximum atomic E-state index is 12.7. The number of hydrogen-bond donors (Lipinski definition) is 2. The van der Waals surface area contributed by atoms with Gasteiger partial charge in [0.15, 0.2) is 0 Å². The minimum atomic E-state index is -4.15. The van der Waals surface area contributed by atoms with Gasteiger partial charge in [-0.3, -0.25) is 4.79 Å². The van der Waals surface area contributed by atoms with E-state index >= 15 is 0 Å². The molecule has 2 aromatic rings. The molecule has 0 aromatic heterocycles. The van der Waals surface area contributed by atoms with Gasteiger partial charge in [-0.05, 0) is 61.1 Å². The number of aliphatic carboxylic acids is 1. The fraction of sp³-hybridized carbons (Fsp3) is 0.300. The van der Waals surface area contributed by atoms with E-state index in [0.29, 0.717) is 5.75 Å². The number of ether oxygens (including phenoxy) is 1. The highest BCUT2D eigenvalue weighted by molar-refractivity contribution is 7.89. The molecule has 0 spiro atoms. The SMILES string of the molecule is O=CC(CC(=O)O)NS(=O)(=O)c1ccccc1Oc1ccc2c(c1)CCCC2. The van der Waals surface area contributed by atoms with Crippen LogP contribution in [-0.4, -0.2) is 31.8 Å². The van der Waals surface area contributed by atoms with Crippen molar-refractivity contribution >= 4 is 22.3 Å². The molecular formula is C20H21NO6S. The average Bonchev–Trinajstić information content (AvgIpc) is 2.67. The highest BCUT2D eigenvalue weighted by Gasteiger charge is 2.25. The number of benzene rings is 2. The zero-order chi connectivity index (χ0) is 20.1. The van der Waals surface area contributed by atoms with Crippen LogP contribution >= 0.6 is 0 Å². The number of para-hydroxylation sites is 1. The van der Waals surface area contributed by atoms with Crippen molar-refractivity contribution in [3.8, 4) is 11.5 Å². The smallest absolute Gasteiger partial charge is 0.305 e. The number of carbonyl (C=O) groups excluding carboxylic acids is 1. The lowest BCUT2D eigenvalue weighted by atomic mass is 9.92. The number of aryl methyl sites for hydroxylation is 2. The van der Waals surface area contributed by atoms with Gasteiger partial charge < -0.3 is 14.6 Å². The van der Waals surface area contributed by atoms with Gasteiger partial charge in [0.1, 0.15) is 22.7 Å². The average molecular weight is 403 g/mol. The van der Waals surface area contributed by atoms with Crippen LogP contribution in [0.25, 0.3) is 0 Å². The molecule has 1 atom stereocenters. The van der Waals surface area contributed by atoms with E-state index in [9.17, 15) is 18.0 Å². The Balaban J connectivity index is 1.86. The molecule has 1 aliphatic carbocycles. The minimum absolute atomic E-state index is 0.103. The second-order valence-corrected chi connectivity index (χ2v) is 8.33. The van der Waals surface area contributed by atoms with Gasteiger partial charge >= 0.3 is 5.97 Å². The molecule has 0 aliphatic heterocycles. The van der Waals surface area contributed by atoms with E-state index in [1.54, 1.807) is 12.1 Å². The zero-order valence-electron chi connectivity index (χ0n) is 15.1. The summed E-state index contributed by atoms with van der Waals surface area (Å²) >= 11 is 0. The van der Waals surface area contributed by atoms with Gasteiger partial charge in [0.25, 0.3) is 0 Å². The summed E-state index contributed by atoms with van der Waals surface area (Å²) in [4.78, 5) is 21.7. The first-order chi connectivity index (χ1) is 13.4. The van der Waals surface area contributed by atoms with E-state index in [1.807, 2.05) is 12.1 Å². The summed E-state index contributed by atoms with van der Waals surface area (Å²) in [5.41, 5.74) is 2.48. The Hall–Kier alpha value is -2.71. The molecule has 0 radical (unpaired) electrons. The van der Waals surface area contributed by atoms with Crippen LogP contribution in [0, 0.1) is 0 Å². The minimum Gasteiger partial charge on any atom is -0.481 e.